The van der Waals surface area contributed by atoms with Gasteiger partial charge < -0.3 is 9.84 Å². The third-order valence-electron chi connectivity index (χ3n) is 2.82. The molecule has 3 rings (SSSR count). The van der Waals surface area contributed by atoms with E-state index in [2.05, 4.69) is 31.4 Å². The van der Waals surface area contributed by atoms with Crippen LogP contribution >= 0.6 is 39.0 Å². The summed E-state index contributed by atoms with van der Waals surface area (Å²) in [5.41, 5.74) is 0.760. The Balaban J connectivity index is 1.48. The Kier molecular flexibility index (Phi) is 5.47. The van der Waals surface area contributed by atoms with Crippen molar-refractivity contribution < 1.29 is 9.32 Å². The van der Waals surface area contributed by atoms with E-state index in [0.29, 0.717) is 23.2 Å². The molecule has 0 saturated carbocycles. The molecule has 0 fully saturated rings. The topological polar surface area (TPSA) is 68.0 Å². The van der Waals surface area contributed by atoms with Crippen molar-refractivity contribution in [2.75, 3.05) is 11.1 Å². The lowest BCUT2D eigenvalue weighted by Crippen LogP contribution is -2.14. The second kappa shape index (κ2) is 7.76. The van der Waals surface area contributed by atoms with Gasteiger partial charge in [0, 0.05) is 4.47 Å². The maximum Gasteiger partial charge on any atom is 0.236 e. The zero-order valence-electron chi connectivity index (χ0n) is 11.9. The van der Waals surface area contributed by atoms with Gasteiger partial charge in [-0.1, -0.05) is 23.4 Å². The van der Waals surface area contributed by atoms with Gasteiger partial charge in [0.15, 0.2) is 0 Å². The van der Waals surface area contributed by atoms with E-state index in [9.17, 15) is 4.79 Å². The van der Waals surface area contributed by atoms with Crippen LogP contribution in [0.1, 0.15) is 5.89 Å². The minimum Gasteiger partial charge on any atom is -0.338 e. The van der Waals surface area contributed by atoms with E-state index >= 15 is 0 Å². The van der Waals surface area contributed by atoms with Crippen molar-refractivity contribution in [3.8, 4) is 10.7 Å². The predicted molar refractivity (Wildman–Crippen MR) is 96.5 cm³/mol. The monoisotopic (exact) mass is 409 g/mol. The van der Waals surface area contributed by atoms with Gasteiger partial charge in [-0.2, -0.15) is 4.98 Å². The lowest BCUT2D eigenvalue weighted by molar-refractivity contribution is -0.113. The summed E-state index contributed by atoms with van der Waals surface area (Å²) in [4.78, 5) is 17.2. The first-order valence-electron chi connectivity index (χ1n) is 6.71. The van der Waals surface area contributed by atoms with Gasteiger partial charge in [0.1, 0.15) is 0 Å². The number of carbonyl (C=O) groups excluding carboxylic acids is 1. The van der Waals surface area contributed by atoms with Crippen molar-refractivity contribution in [3.63, 3.8) is 0 Å². The van der Waals surface area contributed by atoms with Crippen LogP contribution in [0.15, 0.2) is 50.8 Å². The van der Waals surface area contributed by atoms with Crippen LogP contribution in [0, 0.1) is 0 Å². The summed E-state index contributed by atoms with van der Waals surface area (Å²) in [5, 5.41) is 8.76. The Hall–Kier alpha value is -1.64. The highest BCUT2D eigenvalue weighted by atomic mass is 79.9. The van der Waals surface area contributed by atoms with Gasteiger partial charge in [0.2, 0.25) is 17.6 Å². The van der Waals surface area contributed by atoms with Crippen molar-refractivity contribution in [1.82, 2.24) is 10.1 Å². The predicted octanol–water partition coefficient (Wildman–Crippen LogP) is 4.43. The van der Waals surface area contributed by atoms with Crippen LogP contribution in [-0.4, -0.2) is 21.8 Å². The molecule has 0 bridgehead atoms. The number of nitrogens with zero attached hydrogens (tertiary/aromatic N) is 2. The number of halogens is 1. The first-order valence-corrected chi connectivity index (χ1v) is 9.53. The number of aromatic nitrogens is 2. The molecular formula is C15H12BrN3O2S2. The van der Waals surface area contributed by atoms with Crippen LogP contribution in [0.25, 0.3) is 10.7 Å². The van der Waals surface area contributed by atoms with Crippen molar-refractivity contribution in [3.05, 3.63) is 52.1 Å². The van der Waals surface area contributed by atoms with Crippen molar-refractivity contribution in [2.24, 2.45) is 0 Å². The number of carbonyl (C=O) groups is 1. The first kappa shape index (κ1) is 16.2. The van der Waals surface area contributed by atoms with Gasteiger partial charge in [-0.15, -0.1) is 23.1 Å². The summed E-state index contributed by atoms with van der Waals surface area (Å²) in [7, 11) is 0. The Labute approximate surface area is 149 Å². The Morgan fingerprint density at radius 3 is 2.96 bits per heavy atom. The fourth-order valence-corrected chi connectivity index (χ4v) is 3.48. The minimum absolute atomic E-state index is 0.0695. The molecule has 1 amide bonds. The second-order valence-corrected chi connectivity index (χ2v) is 7.30. The smallest absolute Gasteiger partial charge is 0.236 e. The molecule has 8 heteroatoms. The molecule has 5 nitrogen and oxygen atoms in total. The second-order valence-electron chi connectivity index (χ2n) is 4.51. The number of para-hydroxylation sites is 1. The third-order valence-corrected chi connectivity index (χ3v) is 5.29. The maximum absolute atomic E-state index is 11.9. The number of thiophene rings is 1. The molecule has 0 aliphatic heterocycles. The number of anilines is 1. The van der Waals surface area contributed by atoms with Gasteiger partial charge in [-0.25, -0.2) is 0 Å². The molecule has 0 aliphatic rings. The number of amides is 1. The molecule has 3 aromatic rings. The molecule has 0 aliphatic carbocycles. The Morgan fingerprint density at radius 1 is 1.30 bits per heavy atom. The summed E-state index contributed by atoms with van der Waals surface area (Å²) in [6.45, 7) is 0. The summed E-state index contributed by atoms with van der Waals surface area (Å²) in [5.74, 6) is 1.86. The Morgan fingerprint density at radius 2 is 2.17 bits per heavy atom. The van der Waals surface area contributed by atoms with Gasteiger partial charge in [0.05, 0.1) is 22.1 Å². The van der Waals surface area contributed by atoms with Crippen LogP contribution in [0.4, 0.5) is 5.69 Å². The number of hydrogen-bond acceptors (Lipinski definition) is 6. The molecular weight excluding hydrogens is 398 g/mol. The summed E-state index contributed by atoms with van der Waals surface area (Å²) < 4.78 is 6.05. The standard InChI is InChI=1S/C15H12BrN3O2S2/c16-10-4-1-2-5-11(10)17-13(20)8-22-9-14-18-15(19-21-14)12-6-3-7-23-12/h1-7H,8-9H2,(H,17,20). The molecule has 1 aromatic carbocycles. The van der Waals surface area contributed by atoms with Crippen LogP contribution in [0.2, 0.25) is 0 Å². The number of benzene rings is 1. The first-order chi connectivity index (χ1) is 11.2. The van der Waals surface area contributed by atoms with Gasteiger partial charge >= 0.3 is 0 Å². The van der Waals surface area contributed by atoms with Gasteiger partial charge in [0.25, 0.3) is 0 Å². The molecule has 0 radical (unpaired) electrons. The summed E-state index contributed by atoms with van der Waals surface area (Å²) >= 11 is 6.39. The normalized spacial score (nSPS) is 10.7. The molecule has 0 unspecified atom stereocenters. The largest absolute Gasteiger partial charge is 0.338 e. The van der Waals surface area contributed by atoms with Crippen LogP contribution < -0.4 is 5.32 Å². The molecule has 23 heavy (non-hydrogen) atoms. The van der Waals surface area contributed by atoms with Crippen molar-refractivity contribution in [2.45, 2.75) is 5.75 Å². The molecule has 1 N–H and O–H groups in total. The molecule has 0 saturated heterocycles. The number of hydrogen-bond donors (Lipinski definition) is 1. The summed E-state index contributed by atoms with van der Waals surface area (Å²) in [6.07, 6.45) is 0. The van der Waals surface area contributed by atoms with Crippen molar-refractivity contribution in [1.29, 1.82) is 0 Å². The van der Waals surface area contributed by atoms with E-state index in [1.54, 1.807) is 11.3 Å². The quantitative estimate of drug-likeness (QED) is 0.651. The van der Waals surface area contributed by atoms with E-state index < -0.39 is 0 Å². The van der Waals surface area contributed by atoms with E-state index in [4.69, 9.17) is 4.52 Å². The molecule has 0 atom stereocenters. The van der Waals surface area contributed by atoms with Gasteiger partial charge in [-0.05, 0) is 39.5 Å². The highest BCUT2D eigenvalue weighted by Gasteiger charge is 2.11. The van der Waals surface area contributed by atoms with Crippen LogP contribution in [0.5, 0.6) is 0 Å². The zero-order valence-corrected chi connectivity index (χ0v) is 15.1. The fourth-order valence-electron chi connectivity index (χ4n) is 1.80. The lowest BCUT2D eigenvalue weighted by atomic mass is 10.3. The van der Waals surface area contributed by atoms with Crippen LogP contribution in [0.3, 0.4) is 0 Å². The number of rotatable bonds is 6. The molecule has 2 heterocycles. The highest BCUT2D eigenvalue weighted by Crippen LogP contribution is 2.23. The van der Waals surface area contributed by atoms with Crippen LogP contribution in [-0.2, 0) is 10.5 Å². The SMILES string of the molecule is O=C(CSCc1nc(-c2cccs2)no1)Nc1ccccc1Br. The molecule has 0 spiro atoms. The van der Waals surface area contributed by atoms with Crippen molar-refractivity contribution >= 4 is 50.6 Å². The van der Waals surface area contributed by atoms with E-state index in [0.717, 1.165) is 15.0 Å². The van der Waals surface area contributed by atoms with Gasteiger partial charge in [-0.3, -0.25) is 4.79 Å². The fraction of sp³-hybridized carbons (Fsp3) is 0.133. The zero-order chi connectivity index (χ0) is 16.1. The Bertz CT molecular complexity index is 790. The third kappa shape index (κ3) is 4.43. The molecule has 118 valence electrons. The lowest BCUT2D eigenvalue weighted by Gasteiger charge is -2.06. The minimum atomic E-state index is -0.0695. The van der Waals surface area contributed by atoms with E-state index in [-0.39, 0.29) is 5.91 Å². The summed E-state index contributed by atoms with van der Waals surface area (Å²) in [6, 6.07) is 11.4. The van der Waals surface area contributed by atoms with E-state index in [1.165, 1.54) is 11.8 Å². The maximum atomic E-state index is 11.9. The number of thioether (sulfide) groups is 1. The number of nitrogens with one attached hydrogen (secondary N) is 1. The van der Waals surface area contributed by atoms with E-state index in [1.807, 2.05) is 41.8 Å². The highest BCUT2D eigenvalue weighted by molar-refractivity contribution is 9.10. The average molecular weight is 410 g/mol. The average Bonchev–Trinajstić information content (AvgIpc) is 3.20. The molecule has 2 aromatic heterocycles.